The summed E-state index contributed by atoms with van der Waals surface area (Å²) >= 11 is 4.11. The fourth-order valence-corrected chi connectivity index (χ4v) is 6.24. The van der Waals surface area contributed by atoms with Crippen LogP contribution in [0.15, 0.2) is 0 Å². The van der Waals surface area contributed by atoms with Crippen LogP contribution >= 0.6 is 23.1 Å². The number of rotatable bonds is 4. The van der Waals surface area contributed by atoms with Gasteiger partial charge in [0.1, 0.15) is 5.01 Å². The molecule has 0 bridgehead atoms. The minimum Gasteiger partial charge on any atom is -0.312 e. The standard InChI is InChI=1S/C17H28N2S2/c1-17(2)9-13(18-3)16-14(10-17)19-15(21-16)11-20-12-7-5-4-6-8-12/h12-13,18H,4-11H2,1-3H3. The van der Waals surface area contributed by atoms with Crippen molar-refractivity contribution < 1.29 is 0 Å². The molecule has 1 aromatic heterocycles. The number of nitrogens with zero attached hydrogens (tertiary/aromatic N) is 1. The summed E-state index contributed by atoms with van der Waals surface area (Å²) in [5.41, 5.74) is 1.75. The van der Waals surface area contributed by atoms with E-state index in [-0.39, 0.29) is 0 Å². The topological polar surface area (TPSA) is 24.9 Å². The van der Waals surface area contributed by atoms with Crippen LogP contribution in [0.5, 0.6) is 0 Å². The summed E-state index contributed by atoms with van der Waals surface area (Å²) in [5.74, 6) is 1.12. The van der Waals surface area contributed by atoms with Gasteiger partial charge in [0.05, 0.1) is 5.69 Å². The summed E-state index contributed by atoms with van der Waals surface area (Å²) in [6.07, 6.45) is 9.52. The average Bonchev–Trinajstić information content (AvgIpc) is 2.86. The minimum atomic E-state index is 0.378. The van der Waals surface area contributed by atoms with Crippen LogP contribution in [0.1, 0.15) is 74.0 Å². The van der Waals surface area contributed by atoms with Crippen LogP contribution in [0.3, 0.4) is 0 Å². The normalized spacial score (nSPS) is 25.8. The molecule has 2 aliphatic rings. The van der Waals surface area contributed by atoms with Crippen LogP contribution in [0, 0.1) is 5.41 Å². The first-order chi connectivity index (χ1) is 10.1. The fraction of sp³-hybridized carbons (Fsp3) is 0.824. The fourth-order valence-electron chi connectivity index (χ4n) is 3.70. The van der Waals surface area contributed by atoms with Crippen LogP contribution in [-0.4, -0.2) is 17.3 Å². The molecule has 0 spiro atoms. The Morgan fingerprint density at radius 2 is 2.05 bits per heavy atom. The lowest BCUT2D eigenvalue weighted by Gasteiger charge is -2.34. The molecule has 0 aliphatic heterocycles. The Kier molecular flexibility index (Phi) is 4.97. The second-order valence-corrected chi connectivity index (χ2v) is 9.78. The van der Waals surface area contributed by atoms with Gasteiger partial charge in [-0.1, -0.05) is 33.1 Å². The molecular formula is C17H28N2S2. The van der Waals surface area contributed by atoms with E-state index in [0.717, 1.165) is 17.4 Å². The van der Waals surface area contributed by atoms with E-state index in [1.807, 2.05) is 11.3 Å². The average molecular weight is 325 g/mol. The van der Waals surface area contributed by atoms with Gasteiger partial charge in [-0.05, 0) is 38.1 Å². The van der Waals surface area contributed by atoms with E-state index in [1.165, 1.54) is 54.1 Å². The first-order valence-corrected chi connectivity index (χ1v) is 10.2. The SMILES string of the molecule is CNC1CC(C)(C)Cc2nc(CSC3CCCCC3)sc21. The monoisotopic (exact) mass is 324 g/mol. The number of nitrogens with one attached hydrogen (secondary N) is 1. The summed E-state index contributed by atoms with van der Waals surface area (Å²) in [6, 6.07) is 0.509. The molecule has 4 heteroatoms. The summed E-state index contributed by atoms with van der Waals surface area (Å²) < 4.78 is 0. The van der Waals surface area contributed by atoms with Crippen LogP contribution in [0.2, 0.25) is 0 Å². The molecule has 1 saturated carbocycles. The number of aromatic nitrogens is 1. The number of hydrogen-bond acceptors (Lipinski definition) is 4. The molecule has 118 valence electrons. The molecule has 0 saturated heterocycles. The first kappa shape index (κ1) is 15.8. The largest absolute Gasteiger partial charge is 0.312 e. The molecule has 0 aromatic carbocycles. The second-order valence-electron chi connectivity index (χ2n) is 7.38. The van der Waals surface area contributed by atoms with Crippen molar-refractivity contribution in [2.75, 3.05) is 7.05 Å². The first-order valence-electron chi connectivity index (χ1n) is 8.35. The molecule has 2 aliphatic carbocycles. The van der Waals surface area contributed by atoms with Crippen molar-refractivity contribution in [1.29, 1.82) is 0 Å². The summed E-state index contributed by atoms with van der Waals surface area (Å²) in [6.45, 7) is 4.74. The predicted octanol–water partition coefficient (Wildman–Crippen LogP) is 4.94. The zero-order valence-corrected chi connectivity index (χ0v) is 15.2. The van der Waals surface area contributed by atoms with Crippen molar-refractivity contribution in [2.24, 2.45) is 5.41 Å². The quantitative estimate of drug-likeness (QED) is 0.849. The third kappa shape index (κ3) is 3.83. The van der Waals surface area contributed by atoms with Crippen LogP contribution in [-0.2, 0) is 12.2 Å². The van der Waals surface area contributed by atoms with Gasteiger partial charge in [-0.25, -0.2) is 4.98 Å². The van der Waals surface area contributed by atoms with E-state index >= 15 is 0 Å². The summed E-state index contributed by atoms with van der Waals surface area (Å²) in [4.78, 5) is 6.50. The maximum atomic E-state index is 4.99. The smallest absolute Gasteiger partial charge is 0.103 e. The van der Waals surface area contributed by atoms with Crippen molar-refractivity contribution in [3.8, 4) is 0 Å². The highest BCUT2D eigenvalue weighted by molar-refractivity contribution is 7.99. The van der Waals surface area contributed by atoms with Crippen molar-refractivity contribution in [2.45, 2.75) is 75.8 Å². The molecule has 1 unspecified atom stereocenters. The molecular weight excluding hydrogens is 296 g/mol. The molecule has 0 amide bonds. The Morgan fingerprint density at radius 3 is 2.76 bits per heavy atom. The van der Waals surface area contributed by atoms with Gasteiger partial charge in [-0.2, -0.15) is 11.8 Å². The maximum Gasteiger partial charge on any atom is 0.103 e. The molecule has 1 aromatic rings. The van der Waals surface area contributed by atoms with Crippen molar-refractivity contribution in [1.82, 2.24) is 10.3 Å². The lowest BCUT2D eigenvalue weighted by atomic mass is 9.76. The second kappa shape index (κ2) is 6.59. The predicted molar refractivity (Wildman–Crippen MR) is 94.2 cm³/mol. The molecule has 2 nitrogen and oxygen atoms in total. The van der Waals surface area contributed by atoms with Gasteiger partial charge in [0, 0.05) is 21.9 Å². The zero-order valence-electron chi connectivity index (χ0n) is 13.6. The molecule has 1 atom stereocenters. The third-order valence-electron chi connectivity index (χ3n) is 4.83. The third-order valence-corrected chi connectivity index (χ3v) is 7.61. The Hall–Kier alpha value is -0.0600. The Bertz CT molecular complexity index is 475. The Labute approximate surface area is 137 Å². The van der Waals surface area contributed by atoms with E-state index in [4.69, 9.17) is 4.98 Å². The number of thiazole rings is 1. The van der Waals surface area contributed by atoms with Crippen molar-refractivity contribution in [3.63, 3.8) is 0 Å². The summed E-state index contributed by atoms with van der Waals surface area (Å²) in [5, 5.41) is 5.74. The molecule has 3 rings (SSSR count). The van der Waals surface area contributed by atoms with Crippen LogP contribution in [0.25, 0.3) is 0 Å². The molecule has 1 N–H and O–H groups in total. The minimum absolute atomic E-state index is 0.378. The molecule has 21 heavy (non-hydrogen) atoms. The zero-order chi connectivity index (χ0) is 14.9. The highest BCUT2D eigenvalue weighted by Gasteiger charge is 2.34. The highest BCUT2D eigenvalue weighted by atomic mass is 32.2. The van der Waals surface area contributed by atoms with Gasteiger partial charge in [0.2, 0.25) is 0 Å². The van der Waals surface area contributed by atoms with Crippen molar-refractivity contribution in [3.05, 3.63) is 15.6 Å². The Balaban J connectivity index is 1.67. The highest BCUT2D eigenvalue weighted by Crippen LogP contribution is 2.43. The van der Waals surface area contributed by atoms with E-state index in [2.05, 4.69) is 38.0 Å². The van der Waals surface area contributed by atoms with Crippen molar-refractivity contribution >= 4 is 23.1 Å². The van der Waals surface area contributed by atoms with E-state index in [1.54, 1.807) is 0 Å². The van der Waals surface area contributed by atoms with Gasteiger partial charge >= 0.3 is 0 Å². The number of hydrogen-bond donors (Lipinski definition) is 1. The van der Waals surface area contributed by atoms with Gasteiger partial charge < -0.3 is 5.32 Å². The Morgan fingerprint density at radius 1 is 1.29 bits per heavy atom. The van der Waals surface area contributed by atoms with Gasteiger partial charge in [0.25, 0.3) is 0 Å². The lowest BCUT2D eigenvalue weighted by Crippen LogP contribution is -2.30. The van der Waals surface area contributed by atoms with E-state index in [9.17, 15) is 0 Å². The summed E-state index contributed by atoms with van der Waals surface area (Å²) in [7, 11) is 2.09. The number of fused-ring (bicyclic) bond motifs is 1. The maximum absolute atomic E-state index is 4.99. The lowest BCUT2D eigenvalue weighted by molar-refractivity contribution is 0.265. The molecule has 0 radical (unpaired) electrons. The molecule has 1 heterocycles. The number of thioether (sulfide) groups is 1. The van der Waals surface area contributed by atoms with Gasteiger partial charge in [0.15, 0.2) is 0 Å². The van der Waals surface area contributed by atoms with E-state index in [0.29, 0.717) is 11.5 Å². The van der Waals surface area contributed by atoms with Crippen LogP contribution in [0.4, 0.5) is 0 Å². The van der Waals surface area contributed by atoms with Gasteiger partial charge in [-0.15, -0.1) is 11.3 Å². The molecule has 1 fully saturated rings. The van der Waals surface area contributed by atoms with Gasteiger partial charge in [-0.3, -0.25) is 0 Å². The van der Waals surface area contributed by atoms with Crippen LogP contribution < -0.4 is 5.32 Å². The van der Waals surface area contributed by atoms with E-state index < -0.39 is 0 Å².